The predicted molar refractivity (Wildman–Crippen MR) is 121 cm³/mol. The van der Waals surface area contributed by atoms with Crippen molar-refractivity contribution in [2.75, 3.05) is 48.1 Å². The van der Waals surface area contributed by atoms with Crippen molar-refractivity contribution in [3.05, 3.63) is 60.3 Å². The molecule has 1 aliphatic rings. The smallest absolute Gasteiger partial charge is 0.323 e. The van der Waals surface area contributed by atoms with Crippen LogP contribution in [-0.4, -0.2) is 48.6 Å². The van der Waals surface area contributed by atoms with Gasteiger partial charge in [0.15, 0.2) is 17.5 Å². The van der Waals surface area contributed by atoms with E-state index in [0.29, 0.717) is 24.7 Å². The number of halogens is 2. The average Bonchev–Trinajstić information content (AvgIpc) is 2.82. The minimum atomic E-state index is -1.03. The molecule has 1 saturated heterocycles. The average molecular weight is 458 g/mol. The van der Waals surface area contributed by atoms with Gasteiger partial charge in [0, 0.05) is 42.3 Å². The van der Waals surface area contributed by atoms with E-state index in [1.165, 1.54) is 6.07 Å². The van der Waals surface area contributed by atoms with E-state index in [1.54, 1.807) is 23.9 Å². The number of rotatable bonds is 5. The van der Waals surface area contributed by atoms with Crippen LogP contribution in [0.25, 0.3) is 11.4 Å². The maximum Gasteiger partial charge on any atom is 0.323 e. The molecule has 2 amide bonds. The Hall–Kier alpha value is -3.24. The molecule has 32 heavy (non-hydrogen) atoms. The van der Waals surface area contributed by atoms with Gasteiger partial charge in [-0.1, -0.05) is 0 Å². The molecule has 1 aliphatic heterocycles. The van der Waals surface area contributed by atoms with Gasteiger partial charge in [-0.15, -0.1) is 11.8 Å². The first kappa shape index (κ1) is 22.0. The Balaban J connectivity index is 1.46. The first-order valence-electron chi connectivity index (χ1n) is 9.90. The Kier molecular flexibility index (Phi) is 6.81. The van der Waals surface area contributed by atoms with Crippen LogP contribution in [0.5, 0.6) is 0 Å². The number of ether oxygens (including phenoxy) is 1. The molecule has 7 nitrogen and oxygen atoms in total. The molecule has 4 rings (SSSR count). The van der Waals surface area contributed by atoms with Crippen molar-refractivity contribution in [2.45, 2.75) is 4.90 Å². The summed E-state index contributed by atoms with van der Waals surface area (Å²) in [5.74, 6) is -0.534. The third-order valence-electron chi connectivity index (χ3n) is 4.85. The van der Waals surface area contributed by atoms with Crippen molar-refractivity contribution in [2.24, 2.45) is 0 Å². The molecule has 10 heteroatoms. The predicted octanol–water partition coefficient (Wildman–Crippen LogP) is 4.62. The fourth-order valence-electron chi connectivity index (χ4n) is 3.22. The van der Waals surface area contributed by atoms with Crippen LogP contribution in [0.4, 0.5) is 30.8 Å². The Morgan fingerprint density at radius 1 is 1.03 bits per heavy atom. The molecule has 1 fully saturated rings. The van der Waals surface area contributed by atoms with E-state index in [-0.39, 0.29) is 5.69 Å². The van der Waals surface area contributed by atoms with Gasteiger partial charge in [-0.2, -0.15) is 0 Å². The third kappa shape index (κ3) is 5.14. The van der Waals surface area contributed by atoms with Gasteiger partial charge in [-0.3, -0.25) is 0 Å². The van der Waals surface area contributed by atoms with Crippen LogP contribution in [0.15, 0.2) is 53.6 Å². The summed E-state index contributed by atoms with van der Waals surface area (Å²) in [5, 5.41) is 5.11. The van der Waals surface area contributed by atoms with Crippen LogP contribution < -0.4 is 15.5 Å². The molecule has 2 aromatic carbocycles. The van der Waals surface area contributed by atoms with E-state index in [4.69, 9.17) is 9.72 Å². The number of benzene rings is 2. The summed E-state index contributed by atoms with van der Waals surface area (Å²) in [6, 6.07) is 9.64. The second-order valence-electron chi connectivity index (χ2n) is 6.97. The topological polar surface area (TPSA) is 79.4 Å². The Morgan fingerprint density at radius 2 is 1.72 bits per heavy atom. The van der Waals surface area contributed by atoms with Crippen molar-refractivity contribution in [1.29, 1.82) is 0 Å². The van der Waals surface area contributed by atoms with Crippen LogP contribution in [0.2, 0.25) is 0 Å². The molecule has 1 aromatic heterocycles. The third-order valence-corrected chi connectivity index (χ3v) is 5.57. The number of nitrogens with one attached hydrogen (secondary N) is 2. The number of thioether (sulfide) groups is 1. The minimum Gasteiger partial charge on any atom is -0.378 e. The van der Waals surface area contributed by atoms with Crippen molar-refractivity contribution in [1.82, 2.24) is 9.97 Å². The maximum atomic E-state index is 13.3. The number of nitrogens with zero attached hydrogens (tertiary/aromatic N) is 3. The fourth-order valence-corrected chi connectivity index (χ4v) is 3.73. The van der Waals surface area contributed by atoms with E-state index >= 15 is 0 Å². The van der Waals surface area contributed by atoms with E-state index in [2.05, 4.69) is 20.5 Å². The normalized spacial score (nSPS) is 13.7. The molecule has 0 bridgehead atoms. The molecule has 0 radical (unpaired) electrons. The standard InChI is InChI=1S/C22H21F2N5O2S/c1-32-19-13-25-20(28-21(19)29-8-10-31-11-9-29)14-2-4-15(5-3-14)26-22(30)27-16-6-7-17(23)18(24)12-16/h2-7,12-13H,8-11H2,1H3,(H2,26,27,30). The summed E-state index contributed by atoms with van der Waals surface area (Å²) in [4.78, 5) is 24.6. The SMILES string of the molecule is CSc1cnc(-c2ccc(NC(=O)Nc3ccc(F)c(F)c3)cc2)nc1N1CCOCC1. The number of hydrogen-bond donors (Lipinski definition) is 2. The monoisotopic (exact) mass is 457 g/mol. The van der Waals surface area contributed by atoms with Gasteiger partial charge < -0.3 is 20.3 Å². The van der Waals surface area contributed by atoms with Crippen LogP contribution in [0, 0.1) is 11.6 Å². The molecule has 2 heterocycles. The highest BCUT2D eigenvalue weighted by atomic mass is 32.2. The van der Waals surface area contributed by atoms with Gasteiger partial charge in [0.1, 0.15) is 5.82 Å². The van der Waals surface area contributed by atoms with Crippen LogP contribution in [0.1, 0.15) is 0 Å². The quantitative estimate of drug-likeness (QED) is 0.544. The number of hydrogen-bond acceptors (Lipinski definition) is 6. The minimum absolute atomic E-state index is 0.149. The van der Waals surface area contributed by atoms with Crippen molar-refractivity contribution >= 4 is 35.0 Å². The summed E-state index contributed by atoms with van der Waals surface area (Å²) in [5.41, 5.74) is 1.48. The first-order valence-corrected chi connectivity index (χ1v) is 11.1. The molecular formula is C22H21F2N5O2S. The molecule has 0 unspecified atom stereocenters. The number of urea groups is 1. The molecule has 0 spiro atoms. The van der Waals surface area contributed by atoms with Gasteiger partial charge in [-0.25, -0.2) is 23.5 Å². The Bertz CT molecular complexity index is 1110. The van der Waals surface area contributed by atoms with Gasteiger partial charge in [0.2, 0.25) is 0 Å². The highest BCUT2D eigenvalue weighted by molar-refractivity contribution is 7.98. The highest BCUT2D eigenvalue weighted by Crippen LogP contribution is 2.29. The van der Waals surface area contributed by atoms with E-state index in [9.17, 15) is 13.6 Å². The molecule has 0 atom stereocenters. The van der Waals surface area contributed by atoms with Gasteiger partial charge >= 0.3 is 6.03 Å². The van der Waals surface area contributed by atoms with Crippen LogP contribution >= 0.6 is 11.8 Å². The fraction of sp³-hybridized carbons (Fsp3) is 0.227. The maximum absolute atomic E-state index is 13.3. The summed E-state index contributed by atoms with van der Waals surface area (Å²) >= 11 is 1.60. The lowest BCUT2D eigenvalue weighted by atomic mass is 10.2. The molecule has 3 aromatic rings. The molecular weight excluding hydrogens is 436 g/mol. The first-order chi connectivity index (χ1) is 15.5. The lowest BCUT2D eigenvalue weighted by Gasteiger charge is -2.29. The zero-order valence-corrected chi connectivity index (χ0v) is 18.1. The van der Waals surface area contributed by atoms with E-state index < -0.39 is 17.7 Å². The number of amides is 2. The largest absolute Gasteiger partial charge is 0.378 e. The van der Waals surface area contributed by atoms with Crippen LogP contribution in [-0.2, 0) is 4.74 Å². The number of carbonyl (C=O) groups is 1. The highest BCUT2D eigenvalue weighted by Gasteiger charge is 2.18. The van der Waals surface area contributed by atoms with Crippen molar-refractivity contribution in [3.63, 3.8) is 0 Å². The number of aromatic nitrogens is 2. The van der Waals surface area contributed by atoms with E-state index in [0.717, 1.165) is 41.5 Å². The number of anilines is 3. The number of carbonyl (C=O) groups excluding carboxylic acids is 1. The molecule has 0 aliphatic carbocycles. The van der Waals surface area contributed by atoms with Crippen LogP contribution in [0.3, 0.4) is 0 Å². The zero-order valence-electron chi connectivity index (χ0n) is 17.3. The Morgan fingerprint density at radius 3 is 2.41 bits per heavy atom. The zero-order chi connectivity index (χ0) is 22.5. The Labute approximate surface area is 188 Å². The summed E-state index contributed by atoms with van der Waals surface area (Å²) in [6.45, 7) is 2.89. The van der Waals surface area contributed by atoms with Gasteiger partial charge in [0.25, 0.3) is 0 Å². The molecule has 166 valence electrons. The van der Waals surface area contributed by atoms with Crippen molar-refractivity contribution in [3.8, 4) is 11.4 Å². The number of morpholine rings is 1. The molecule has 2 N–H and O–H groups in total. The van der Waals surface area contributed by atoms with E-state index in [1.807, 2.05) is 24.6 Å². The lowest BCUT2D eigenvalue weighted by Crippen LogP contribution is -2.37. The summed E-state index contributed by atoms with van der Waals surface area (Å²) in [6.07, 6.45) is 3.81. The second-order valence-corrected chi connectivity index (χ2v) is 7.82. The van der Waals surface area contributed by atoms with Crippen molar-refractivity contribution < 1.29 is 18.3 Å². The van der Waals surface area contributed by atoms with Gasteiger partial charge in [-0.05, 0) is 42.7 Å². The summed E-state index contributed by atoms with van der Waals surface area (Å²) < 4.78 is 31.7. The van der Waals surface area contributed by atoms with Gasteiger partial charge in [0.05, 0.1) is 18.1 Å². The molecule has 0 saturated carbocycles. The lowest BCUT2D eigenvalue weighted by molar-refractivity contribution is 0.122. The summed E-state index contributed by atoms with van der Waals surface area (Å²) in [7, 11) is 0. The second kappa shape index (κ2) is 9.92.